The molecule has 0 saturated carbocycles. The standard InChI is InChI=1S/C30H25BBr3N6/c1-19-25(32)28(22-13-7-4-8-14-22)35-38(19)31(39-20(2)26(33)29(36-39)23-15-9-5-10-16-23)40-21(3)27(34)30(37-40)24-17-11-6-12-18-24/h4-18,31H,1-3H3/q-1. The molecule has 6 nitrogen and oxygen atoms in total. The Labute approximate surface area is 258 Å². The van der Waals surface area contributed by atoms with Crippen LogP contribution in [0.15, 0.2) is 104 Å². The maximum absolute atomic E-state index is 5.19. The van der Waals surface area contributed by atoms with E-state index in [1.54, 1.807) is 0 Å². The minimum absolute atomic E-state index is 0.884. The van der Waals surface area contributed by atoms with Crippen LogP contribution in [0.2, 0.25) is 0 Å². The second kappa shape index (κ2) is 11.0. The fourth-order valence-electron chi connectivity index (χ4n) is 5.12. The molecule has 3 heterocycles. The lowest BCUT2D eigenvalue weighted by molar-refractivity contribution is 0.742. The van der Waals surface area contributed by atoms with Crippen molar-refractivity contribution in [2.45, 2.75) is 20.8 Å². The largest absolute Gasteiger partial charge is 0.399 e. The van der Waals surface area contributed by atoms with Crippen LogP contribution in [-0.2, 0) is 0 Å². The summed E-state index contributed by atoms with van der Waals surface area (Å²) < 4.78 is 9.10. The van der Waals surface area contributed by atoms with Crippen molar-refractivity contribution in [2.24, 2.45) is 0 Å². The highest BCUT2D eigenvalue weighted by Crippen LogP contribution is 2.35. The Morgan fingerprint density at radius 3 is 0.950 bits per heavy atom. The van der Waals surface area contributed by atoms with Crippen LogP contribution in [0.1, 0.15) is 17.1 Å². The van der Waals surface area contributed by atoms with Crippen LogP contribution in [0.5, 0.6) is 0 Å². The topological polar surface area (TPSA) is 53.5 Å². The first-order valence-corrected chi connectivity index (χ1v) is 15.3. The molecule has 0 aliphatic carbocycles. The molecule has 0 radical (unpaired) electrons. The van der Waals surface area contributed by atoms with E-state index in [4.69, 9.17) is 15.3 Å². The predicted octanol–water partition coefficient (Wildman–Crippen LogP) is 8.15. The lowest BCUT2D eigenvalue weighted by Crippen LogP contribution is -2.45. The second-order valence-electron chi connectivity index (χ2n) is 9.76. The van der Waals surface area contributed by atoms with E-state index < -0.39 is 7.12 Å². The minimum Gasteiger partial charge on any atom is -0.399 e. The van der Waals surface area contributed by atoms with Crippen molar-refractivity contribution in [3.05, 3.63) is 121 Å². The molecule has 3 aromatic heterocycles. The SMILES string of the molecule is Cc1c(Br)c(-c2ccccc2)nn1[BH-](n1nc(-c2ccccc2)c(Br)c1C)n1nc(-c2ccccc2)c(Br)c1C. The van der Waals surface area contributed by atoms with Gasteiger partial charge in [-0.05, 0) is 68.6 Å². The van der Waals surface area contributed by atoms with Crippen LogP contribution in [0, 0.1) is 20.8 Å². The molecule has 0 saturated heterocycles. The Hall–Kier alpha value is -3.21. The van der Waals surface area contributed by atoms with Gasteiger partial charge in [0.2, 0.25) is 0 Å². The van der Waals surface area contributed by atoms with Gasteiger partial charge < -0.3 is 13.8 Å². The van der Waals surface area contributed by atoms with Gasteiger partial charge >= 0.3 is 7.12 Å². The number of rotatable bonds is 6. The third-order valence-corrected chi connectivity index (χ3v) is 10.2. The van der Waals surface area contributed by atoms with E-state index in [1.807, 2.05) is 54.6 Å². The number of nitrogens with zero attached hydrogens (tertiary/aromatic N) is 6. The van der Waals surface area contributed by atoms with Gasteiger partial charge in [0.25, 0.3) is 0 Å². The third-order valence-electron chi connectivity index (χ3n) is 7.35. The smallest absolute Gasteiger partial charge is 0.326 e. The van der Waals surface area contributed by atoms with Crippen molar-refractivity contribution < 1.29 is 0 Å². The molecular formula is C30H25BBr3N6-. The first kappa shape index (κ1) is 27.0. The van der Waals surface area contributed by atoms with Gasteiger partial charge in [-0.3, -0.25) is 0 Å². The summed E-state index contributed by atoms with van der Waals surface area (Å²) in [5.74, 6) is 0. The predicted molar refractivity (Wildman–Crippen MR) is 174 cm³/mol. The Balaban J connectivity index is 1.61. The molecule has 0 amide bonds. The number of benzene rings is 3. The molecule has 0 bridgehead atoms. The molecule has 0 aliphatic rings. The first-order valence-electron chi connectivity index (χ1n) is 12.9. The van der Waals surface area contributed by atoms with Crippen molar-refractivity contribution in [2.75, 3.05) is 0 Å². The minimum atomic E-state index is -1.70. The zero-order chi connectivity index (χ0) is 28.0. The van der Waals surface area contributed by atoms with Gasteiger partial charge in [-0.15, -0.1) is 0 Å². The summed E-state index contributed by atoms with van der Waals surface area (Å²) in [6, 6.07) is 30.7. The lowest BCUT2D eigenvalue weighted by Gasteiger charge is -2.31. The van der Waals surface area contributed by atoms with Gasteiger partial charge in [-0.25, -0.2) is 15.3 Å². The Kier molecular flexibility index (Phi) is 7.42. The second-order valence-corrected chi connectivity index (χ2v) is 12.1. The summed E-state index contributed by atoms with van der Waals surface area (Å²) in [6.07, 6.45) is 0. The molecule has 0 unspecified atom stereocenters. The normalized spacial score (nSPS) is 11.5. The summed E-state index contributed by atoms with van der Waals surface area (Å²) >= 11 is 11.6. The summed E-state index contributed by atoms with van der Waals surface area (Å²) in [4.78, 5) is 0. The molecule has 0 aliphatic heterocycles. The van der Waals surface area contributed by atoms with Gasteiger partial charge in [-0.2, -0.15) is 0 Å². The van der Waals surface area contributed by atoms with Crippen molar-refractivity contribution in [3.8, 4) is 33.8 Å². The average Bonchev–Trinajstić information content (AvgIpc) is 3.57. The lowest BCUT2D eigenvalue weighted by atomic mass is 9.93. The highest BCUT2D eigenvalue weighted by Gasteiger charge is 2.26. The molecule has 6 rings (SSSR count). The molecule has 0 atom stereocenters. The molecular weight excluding hydrogens is 695 g/mol. The maximum Gasteiger partial charge on any atom is 0.326 e. The van der Waals surface area contributed by atoms with Crippen molar-refractivity contribution in [1.82, 2.24) is 29.1 Å². The molecule has 40 heavy (non-hydrogen) atoms. The van der Waals surface area contributed by atoms with E-state index in [9.17, 15) is 0 Å². The van der Waals surface area contributed by atoms with Crippen LogP contribution in [0.25, 0.3) is 33.8 Å². The molecule has 10 heteroatoms. The van der Waals surface area contributed by atoms with E-state index in [2.05, 4.69) is 119 Å². The zero-order valence-electron chi connectivity index (χ0n) is 22.2. The van der Waals surface area contributed by atoms with E-state index in [-0.39, 0.29) is 0 Å². The number of hydrogen-bond acceptors (Lipinski definition) is 3. The number of aromatic nitrogens is 6. The monoisotopic (exact) mass is 717 g/mol. The number of halogens is 3. The summed E-state index contributed by atoms with van der Waals surface area (Å²) in [6.45, 7) is 6.25. The van der Waals surface area contributed by atoms with E-state index in [1.165, 1.54) is 0 Å². The Bertz CT molecular complexity index is 1600. The van der Waals surface area contributed by atoms with Crippen molar-refractivity contribution in [3.63, 3.8) is 0 Å². The van der Waals surface area contributed by atoms with Gasteiger partial charge in [-0.1, -0.05) is 91.0 Å². The average molecular weight is 720 g/mol. The van der Waals surface area contributed by atoms with Gasteiger partial charge in [0, 0.05) is 33.8 Å². The Morgan fingerprint density at radius 2 is 0.700 bits per heavy atom. The molecule has 200 valence electrons. The summed E-state index contributed by atoms with van der Waals surface area (Å²) in [5.41, 5.74) is 8.78. The van der Waals surface area contributed by atoms with E-state index in [0.717, 1.165) is 64.3 Å². The van der Waals surface area contributed by atoms with E-state index in [0.29, 0.717) is 0 Å². The van der Waals surface area contributed by atoms with Gasteiger partial charge in [0.1, 0.15) is 17.1 Å². The van der Waals surface area contributed by atoms with Crippen molar-refractivity contribution in [1.29, 1.82) is 0 Å². The van der Waals surface area contributed by atoms with Gasteiger partial charge in [0.05, 0.1) is 13.4 Å². The third kappa shape index (κ3) is 4.61. The highest BCUT2D eigenvalue weighted by molar-refractivity contribution is 9.11. The summed E-state index contributed by atoms with van der Waals surface area (Å²) in [7, 11) is -1.70. The van der Waals surface area contributed by atoms with Gasteiger partial charge in [0.15, 0.2) is 0 Å². The Morgan fingerprint density at radius 1 is 0.450 bits per heavy atom. The zero-order valence-corrected chi connectivity index (χ0v) is 26.9. The quantitative estimate of drug-likeness (QED) is 0.163. The fraction of sp³-hybridized carbons (Fsp3) is 0.100. The van der Waals surface area contributed by atoms with Crippen LogP contribution in [0.4, 0.5) is 0 Å². The molecule has 0 spiro atoms. The fourth-order valence-corrected chi connectivity index (χ4v) is 6.66. The summed E-state index contributed by atoms with van der Waals surface area (Å²) in [5, 5.41) is 15.6. The first-order chi connectivity index (χ1) is 19.4. The number of hydrogen-bond donors (Lipinski definition) is 0. The van der Waals surface area contributed by atoms with Crippen LogP contribution in [-0.4, -0.2) is 36.2 Å². The molecule has 3 aromatic carbocycles. The van der Waals surface area contributed by atoms with Crippen LogP contribution < -0.4 is 0 Å². The van der Waals surface area contributed by atoms with E-state index >= 15 is 0 Å². The maximum atomic E-state index is 5.19. The van der Waals surface area contributed by atoms with Crippen LogP contribution in [0.3, 0.4) is 0 Å². The van der Waals surface area contributed by atoms with Crippen molar-refractivity contribution >= 4 is 54.9 Å². The molecule has 6 aromatic rings. The highest BCUT2D eigenvalue weighted by atomic mass is 79.9. The molecule has 0 fully saturated rings. The van der Waals surface area contributed by atoms with Crippen LogP contribution >= 0.6 is 47.8 Å². The molecule has 0 N–H and O–H groups in total.